The van der Waals surface area contributed by atoms with Crippen LogP contribution in [0, 0.1) is 6.92 Å². The van der Waals surface area contributed by atoms with Crippen LogP contribution in [0.1, 0.15) is 16.7 Å². The molecule has 0 bridgehead atoms. The molecule has 1 saturated heterocycles. The molecule has 4 rings (SSSR count). The second-order valence-corrected chi connectivity index (χ2v) is 8.84. The smallest absolute Gasteiger partial charge is 0.243 e. The van der Waals surface area contributed by atoms with Crippen LogP contribution in [0.2, 0.25) is 0 Å². The van der Waals surface area contributed by atoms with Gasteiger partial charge >= 0.3 is 0 Å². The lowest BCUT2D eigenvalue weighted by Crippen LogP contribution is -2.40. The predicted molar refractivity (Wildman–Crippen MR) is 102 cm³/mol. The number of aryl methyl sites for hydroxylation is 1. The lowest BCUT2D eigenvalue weighted by molar-refractivity contribution is 0.0730. The summed E-state index contributed by atoms with van der Waals surface area (Å²) in [6.07, 6.45) is 0.883. The molecule has 0 radical (unpaired) electrons. The van der Waals surface area contributed by atoms with Gasteiger partial charge in [-0.3, -0.25) is 0 Å². The summed E-state index contributed by atoms with van der Waals surface area (Å²) in [7, 11) is -3.43. The number of fused-ring (bicyclic) bond motifs is 1. The third-order valence-corrected chi connectivity index (χ3v) is 7.17. The van der Waals surface area contributed by atoms with Gasteiger partial charge in [-0.25, -0.2) is 8.42 Å². The zero-order valence-corrected chi connectivity index (χ0v) is 15.8. The number of hydrogen-bond acceptors (Lipinski definition) is 4. The molecule has 2 aromatic rings. The number of benzene rings is 2. The second kappa shape index (κ2) is 7.02. The highest BCUT2D eigenvalue weighted by Gasteiger charge is 2.28. The van der Waals surface area contributed by atoms with Crippen LogP contribution in [0.3, 0.4) is 0 Å². The number of anilines is 1. The zero-order chi connectivity index (χ0) is 18.1. The molecule has 0 N–H and O–H groups in total. The standard InChI is InChI=1S/C20H24N2O3S/c1-16-4-2-3-5-18(16)15-21-9-8-17-14-19(6-7-20(17)21)26(23,24)22-10-12-25-13-11-22/h2-7,14H,8-13,15H2,1H3. The molecule has 138 valence electrons. The van der Waals surface area contributed by atoms with Gasteiger partial charge in [-0.1, -0.05) is 24.3 Å². The lowest BCUT2D eigenvalue weighted by atomic mass is 10.1. The van der Waals surface area contributed by atoms with Crippen molar-refractivity contribution >= 4 is 15.7 Å². The van der Waals surface area contributed by atoms with Crippen molar-refractivity contribution in [2.24, 2.45) is 0 Å². The van der Waals surface area contributed by atoms with Gasteiger partial charge in [-0.15, -0.1) is 0 Å². The van der Waals surface area contributed by atoms with Crippen LogP contribution in [0.5, 0.6) is 0 Å². The summed E-state index contributed by atoms with van der Waals surface area (Å²) < 4.78 is 32.5. The number of nitrogens with zero attached hydrogens (tertiary/aromatic N) is 2. The van der Waals surface area contributed by atoms with Crippen LogP contribution in [-0.4, -0.2) is 45.6 Å². The van der Waals surface area contributed by atoms with Gasteiger partial charge in [0.2, 0.25) is 10.0 Å². The number of morpholine rings is 1. The molecule has 2 aliphatic heterocycles. The largest absolute Gasteiger partial charge is 0.379 e. The first-order valence-corrected chi connectivity index (χ1v) is 10.5. The Morgan fingerprint density at radius 2 is 1.81 bits per heavy atom. The number of ether oxygens (including phenoxy) is 1. The molecule has 2 aromatic carbocycles. The molecule has 0 atom stereocenters. The van der Waals surface area contributed by atoms with Gasteiger partial charge < -0.3 is 9.64 Å². The van der Waals surface area contributed by atoms with E-state index in [1.807, 2.05) is 12.1 Å². The molecule has 1 fully saturated rings. The van der Waals surface area contributed by atoms with Crippen molar-refractivity contribution in [2.45, 2.75) is 24.8 Å². The third-order valence-electron chi connectivity index (χ3n) is 5.27. The summed E-state index contributed by atoms with van der Waals surface area (Å²) in [6.45, 7) is 5.70. The van der Waals surface area contributed by atoms with E-state index in [-0.39, 0.29) is 0 Å². The van der Waals surface area contributed by atoms with Crippen LogP contribution in [0.4, 0.5) is 5.69 Å². The molecule has 0 aromatic heterocycles. The van der Waals surface area contributed by atoms with Crippen LogP contribution < -0.4 is 4.90 Å². The fourth-order valence-electron chi connectivity index (χ4n) is 3.70. The van der Waals surface area contributed by atoms with Crippen molar-refractivity contribution in [3.63, 3.8) is 0 Å². The molecule has 0 saturated carbocycles. The Hall–Kier alpha value is -1.89. The minimum atomic E-state index is -3.43. The minimum absolute atomic E-state index is 0.399. The molecule has 0 aliphatic carbocycles. The molecule has 26 heavy (non-hydrogen) atoms. The summed E-state index contributed by atoms with van der Waals surface area (Å²) in [6, 6.07) is 14.0. The fraction of sp³-hybridized carbons (Fsp3) is 0.400. The molecule has 2 aliphatic rings. The Labute approximate surface area is 155 Å². The van der Waals surface area contributed by atoms with Crippen molar-refractivity contribution in [1.29, 1.82) is 0 Å². The Balaban J connectivity index is 1.58. The van der Waals surface area contributed by atoms with Gasteiger partial charge in [0.05, 0.1) is 18.1 Å². The number of hydrogen-bond donors (Lipinski definition) is 0. The maximum Gasteiger partial charge on any atom is 0.243 e. The van der Waals surface area contributed by atoms with Crippen LogP contribution in [0.15, 0.2) is 47.4 Å². The Morgan fingerprint density at radius 3 is 2.58 bits per heavy atom. The zero-order valence-electron chi connectivity index (χ0n) is 15.0. The predicted octanol–water partition coefficient (Wildman–Crippen LogP) is 2.58. The molecular weight excluding hydrogens is 348 g/mol. The summed E-state index contributed by atoms with van der Waals surface area (Å²) in [5.41, 5.74) is 4.86. The molecule has 6 heteroatoms. The average Bonchev–Trinajstić information content (AvgIpc) is 3.06. The van der Waals surface area contributed by atoms with E-state index in [1.54, 1.807) is 6.07 Å². The summed E-state index contributed by atoms with van der Waals surface area (Å²) in [4.78, 5) is 2.74. The second-order valence-electron chi connectivity index (χ2n) is 6.91. The first kappa shape index (κ1) is 17.5. The molecule has 5 nitrogen and oxygen atoms in total. The monoisotopic (exact) mass is 372 g/mol. The average molecular weight is 372 g/mol. The summed E-state index contributed by atoms with van der Waals surface area (Å²) >= 11 is 0. The lowest BCUT2D eigenvalue weighted by Gasteiger charge is -2.26. The third kappa shape index (κ3) is 3.24. The van der Waals surface area contributed by atoms with E-state index in [0.717, 1.165) is 30.8 Å². The highest BCUT2D eigenvalue weighted by Crippen LogP contribution is 2.32. The SMILES string of the molecule is Cc1ccccc1CN1CCc2cc(S(=O)(=O)N3CCOCC3)ccc21. The summed E-state index contributed by atoms with van der Waals surface area (Å²) in [5.74, 6) is 0. The van der Waals surface area contributed by atoms with E-state index >= 15 is 0 Å². The van der Waals surface area contributed by atoms with E-state index in [9.17, 15) is 8.42 Å². The summed E-state index contributed by atoms with van der Waals surface area (Å²) in [5, 5.41) is 0. The van der Waals surface area contributed by atoms with Gasteiger partial charge in [-0.05, 0) is 48.2 Å². The Bertz CT molecular complexity index is 905. The van der Waals surface area contributed by atoms with E-state index in [0.29, 0.717) is 31.2 Å². The van der Waals surface area contributed by atoms with Gasteiger partial charge in [-0.2, -0.15) is 4.31 Å². The molecule has 0 spiro atoms. The van der Waals surface area contributed by atoms with Crippen LogP contribution >= 0.6 is 0 Å². The van der Waals surface area contributed by atoms with Crippen LogP contribution in [0.25, 0.3) is 0 Å². The fourth-order valence-corrected chi connectivity index (χ4v) is 5.16. The highest BCUT2D eigenvalue weighted by molar-refractivity contribution is 7.89. The van der Waals surface area contributed by atoms with Gasteiger partial charge in [0.15, 0.2) is 0 Å². The molecule has 0 amide bonds. The molecule has 0 unspecified atom stereocenters. The number of rotatable bonds is 4. The Morgan fingerprint density at radius 1 is 1.04 bits per heavy atom. The van der Waals surface area contributed by atoms with E-state index < -0.39 is 10.0 Å². The van der Waals surface area contributed by atoms with E-state index in [2.05, 4.69) is 36.1 Å². The number of sulfonamides is 1. The maximum absolute atomic E-state index is 12.9. The quantitative estimate of drug-likeness (QED) is 0.828. The van der Waals surface area contributed by atoms with Gasteiger partial charge in [0, 0.05) is 31.9 Å². The highest BCUT2D eigenvalue weighted by atomic mass is 32.2. The Kier molecular flexibility index (Phi) is 4.73. The van der Waals surface area contributed by atoms with Crippen molar-refractivity contribution in [3.8, 4) is 0 Å². The molecule has 2 heterocycles. The normalized spacial score (nSPS) is 18.1. The topological polar surface area (TPSA) is 49.9 Å². The van der Waals surface area contributed by atoms with Crippen molar-refractivity contribution in [1.82, 2.24) is 4.31 Å². The first-order valence-electron chi connectivity index (χ1n) is 9.06. The minimum Gasteiger partial charge on any atom is -0.379 e. The molecular formula is C20H24N2O3S. The van der Waals surface area contributed by atoms with E-state index in [4.69, 9.17) is 4.74 Å². The van der Waals surface area contributed by atoms with Crippen LogP contribution in [-0.2, 0) is 27.7 Å². The van der Waals surface area contributed by atoms with Gasteiger partial charge in [0.25, 0.3) is 0 Å². The first-order chi connectivity index (χ1) is 12.6. The van der Waals surface area contributed by atoms with Gasteiger partial charge in [0.1, 0.15) is 0 Å². The van der Waals surface area contributed by atoms with Crippen molar-refractivity contribution < 1.29 is 13.2 Å². The maximum atomic E-state index is 12.9. The van der Waals surface area contributed by atoms with E-state index in [1.165, 1.54) is 15.4 Å². The van der Waals surface area contributed by atoms with Crippen molar-refractivity contribution in [2.75, 3.05) is 37.7 Å². The van der Waals surface area contributed by atoms with Crippen molar-refractivity contribution in [3.05, 3.63) is 59.2 Å².